The molecule has 4 heteroatoms. The maximum absolute atomic E-state index is 9.17. The smallest absolute Gasteiger partial charge is 0.0606 e. The Morgan fingerprint density at radius 1 is 1.28 bits per heavy atom. The number of aliphatic hydroxyl groups is 1. The van der Waals surface area contributed by atoms with Crippen molar-refractivity contribution in [3.8, 4) is 0 Å². The predicted octanol–water partition coefficient (Wildman–Crippen LogP) is 2.66. The summed E-state index contributed by atoms with van der Waals surface area (Å²) in [6.07, 6.45) is 1.05. The van der Waals surface area contributed by atoms with Gasteiger partial charge in [0.1, 0.15) is 0 Å². The zero-order chi connectivity index (χ0) is 13.4. The second-order valence-electron chi connectivity index (χ2n) is 4.23. The lowest BCUT2D eigenvalue weighted by atomic mass is 10.1. The van der Waals surface area contributed by atoms with Gasteiger partial charge in [0, 0.05) is 35.9 Å². The van der Waals surface area contributed by atoms with Crippen molar-refractivity contribution in [1.29, 1.82) is 0 Å². The van der Waals surface area contributed by atoms with Crippen molar-refractivity contribution < 1.29 is 5.11 Å². The van der Waals surface area contributed by atoms with Gasteiger partial charge in [-0.1, -0.05) is 31.5 Å². The highest BCUT2D eigenvalue weighted by molar-refractivity contribution is 6.31. The summed E-state index contributed by atoms with van der Waals surface area (Å²) in [7, 11) is 0. The average molecular weight is 271 g/mol. The summed E-state index contributed by atoms with van der Waals surface area (Å²) in [4.78, 5) is 2.19. The number of hydrogen-bond acceptors (Lipinski definition) is 3. The fourth-order valence-electron chi connectivity index (χ4n) is 2.01. The molecule has 2 N–H and O–H groups in total. The molecule has 0 atom stereocenters. The molecule has 0 fully saturated rings. The van der Waals surface area contributed by atoms with Crippen LogP contribution in [0.2, 0.25) is 5.02 Å². The van der Waals surface area contributed by atoms with Crippen molar-refractivity contribution in [1.82, 2.24) is 5.32 Å². The number of benzene rings is 1. The first-order valence-electron chi connectivity index (χ1n) is 6.58. The molecule has 0 aliphatic carbocycles. The van der Waals surface area contributed by atoms with E-state index < -0.39 is 0 Å². The Bertz CT molecular complexity index is 352. The van der Waals surface area contributed by atoms with Crippen LogP contribution in [0.15, 0.2) is 18.2 Å². The van der Waals surface area contributed by atoms with E-state index in [0.717, 1.165) is 42.3 Å². The first-order chi connectivity index (χ1) is 8.74. The molecule has 1 aromatic carbocycles. The molecule has 0 saturated carbocycles. The van der Waals surface area contributed by atoms with Crippen molar-refractivity contribution in [2.24, 2.45) is 0 Å². The fraction of sp³-hybridized carbons (Fsp3) is 0.571. The van der Waals surface area contributed by atoms with Gasteiger partial charge < -0.3 is 15.3 Å². The molecule has 0 radical (unpaired) electrons. The van der Waals surface area contributed by atoms with Gasteiger partial charge in [-0.3, -0.25) is 0 Å². The standard InChI is InChI=1S/C14H23ClN2O/c1-3-8-17(9-10-18)14-7-5-6-13(15)12(14)11-16-4-2/h5-7,16,18H,3-4,8-11H2,1-2H3. The summed E-state index contributed by atoms with van der Waals surface area (Å²) in [6.45, 7) is 7.63. The van der Waals surface area contributed by atoms with Gasteiger partial charge in [0.2, 0.25) is 0 Å². The molecule has 0 amide bonds. The Morgan fingerprint density at radius 3 is 2.67 bits per heavy atom. The molecule has 18 heavy (non-hydrogen) atoms. The van der Waals surface area contributed by atoms with Gasteiger partial charge in [-0.05, 0) is 25.1 Å². The van der Waals surface area contributed by atoms with Crippen molar-refractivity contribution in [3.63, 3.8) is 0 Å². The minimum Gasteiger partial charge on any atom is -0.395 e. The molecular weight excluding hydrogens is 248 g/mol. The number of hydrogen-bond donors (Lipinski definition) is 2. The second kappa shape index (κ2) is 8.35. The number of nitrogens with zero attached hydrogens (tertiary/aromatic N) is 1. The quantitative estimate of drug-likeness (QED) is 0.762. The van der Waals surface area contributed by atoms with Crippen LogP contribution in [-0.2, 0) is 6.54 Å². The third kappa shape index (κ3) is 4.16. The van der Waals surface area contributed by atoms with Gasteiger partial charge in [0.25, 0.3) is 0 Å². The van der Waals surface area contributed by atoms with Gasteiger partial charge in [-0.25, -0.2) is 0 Å². The topological polar surface area (TPSA) is 35.5 Å². The molecular formula is C14H23ClN2O. The lowest BCUT2D eigenvalue weighted by molar-refractivity contribution is 0.301. The van der Waals surface area contributed by atoms with Crippen LogP contribution >= 0.6 is 11.6 Å². The largest absolute Gasteiger partial charge is 0.395 e. The number of anilines is 1. The third-order valence-electron chi connectivity index (χ3n) is 2.85. The molecule has 0 saturated heterocycles. The molecule has 0 aliphatic rings. The highest BCUT2D eigenvalue weighted by Gasteiger charge is 2.12. The van der Waals surface area contributed by atoms with Crippen LogP contribution < -0.4 is 10.2 Å². The summed E-state index contributed by atoms with van der Waals surface area (Å²) in [6, 6.07) is 5.96. The third-order valence-corrected chi connectivity index (χ3v) is 3.20. The van der Waals surface area contributed by atoms with Crippen LogP contribution in [0.5, 0.6) is 0 Å². The normalized spacial score (nSPS) is 10.7. The predicted molar refractivity (Wildman–Crippen MR) is 78.4 cm³/mol. The molecule has 0 spiro atoms. The Balaban J connectivity index is 2.99. The Morgan fingerprint density at radius 2 is 2.06 bits per heavy atom. The van der Waals surface area contributed by atoms with Gasteiger partial charge in [0.05, 0.1) is 6.61 Å². The first-order valence-corrected chi connectivity index (χ1v) is 6.96. The minimum atomic E-state index is 0.160. The fourth-order valence-corrected chi connectivity index (χ4v) is 2.25. The highest BCUT2D eigenvalue weighted by Crippen LogP contribution is 2.27. The first kappa shape index (κ1) is 15.3. The van der Waals surface area contributed by atoms with Gasteiger partial charge in [-0.2, -0.15) is 0 Å². The van der Waals surface area contributed by atoms with E-state index >= 15 is 0 Å². The monoisotopic (exact) mass is 270 g/mol. The van der Waals surface area contributed by atoms with Gasteiger partial charge in [0.15, 0.2) is 0 Å². The highest BCUT2D eigenvalue weighted by atomic mass is 35.5. The van der Waals surface area contributed by atoms with Crippen LogP contribution in [0.3, 0.4) is 0 Å². The van der Waals surface area contributed by atoms with E-state index in [0.29, 0.717) is 6.54 Å². The molecule has 0 unspecified atom stereocenters. The minimum absolute atomic E-state index is 0.160. The van der Waals surface area contributed by atoms with Crippen molar-refractivity contribution in [3.05, 3.63) is 28.8 Å². The number of aliphatic hydroxyl groups excluding tert-OH is 1. The summed E-state index contributed by atoms with van der Waals surface area (Å²) < 4.78 is 0. The van der Waals surface area contributed by atoms with Crippen molar-refractivity contribution >= 4 is 17.3 Å². The molecule has 1 rings (SSSR count). The molecule has 0 aromatic heterocycles. The van der Waals surface area contributed by atoms with E-state index in [1.807, 2.05) is 12.1 Å². The lowest BCUT2D eigenvalue weighted by Crippen LogP contribution is -2.29. The van der Waals surface area contributed by atoms with Crippen molar-refractivity contribution in [2.45, 2.75) is 26.8 Å². The zero-order valence-corrected chi connectivity index (χ0v) is 12.0. The average Bonchev–Trinajstić information content (AvgIpc) is 2.37. The Labute approximate surface area is 115 Å². The SMILES string of the molecule is CCCN(CCO)c1cccc(Cl)c1CNCC. The van der Waals surface area contributed by atoms with E-state index in [2.05, 4.69) is 30.1 Å². The van der Waals surface area contributed by atoms with Gasteiger partial charge >= 0.3 is 0 Å². The summed E-state index contributed by atoms with van der Waals surface area (Å²) >= 11 is 6.28. The molecule has 3 nitrogen and oxygen atoms in total. The summed E-state index contributed by atoms with van der Waals surface area (Å²) in [5, 5.41) is 13.3. The van der Waals surface area contributed by atoms with Crippen LogP contribution in [-0.4, -0.2) is 31.3 Å². The van der Waals surface area contributed by atoms with Crippen LogP contribution in [0.1, 0.15) is 25.8 Å². The van der Waals surface area contributed by atoms with E-state index in [1.165, 1.54) is 0 Å². The van der Waals surface area contributed by atoms with Crippen molar-refractivity contribution in [2.75, 3.05) is 31.1 Å². The molecule has 1 aromatic rings. The molecule has 0 aliphatic heterocycles. The van der Waals surface area contributed by atoms with E-state index in [9.17, 15) is 5.11 Å². The van der Waals surface area contributed by atoms with Crippen LogP contribution in [0.25, 0.3) is 0 Å². The van der Waals surface area contributed by atoms with Crippen LogP contribution in [0, 0.1) is 0 Å². The van der Waals surface area contributed by atoms with E-state index in [-0.39, 0.29) is 6.61 Å². The van der Waals surface area contributed by atoms with E-state index in [1.54, 1.807) is 0 Å². The number of nitrogens with one attached hydrogen (secondary N) is 1. The summed E-state index contributed by atoms with van der Waals surface area (Å²) in [5.41, 5.74) is 2.24. The number of rotatable bonds is 8. The zero-order valence-electron chi connectivity index (χ0n) is 11.2. The summed E-state index contributed by atoms with van der Waals surface area (Å²) in [5.74, 6) is 0. The molecule has 0 heterocycles. The van der Waals surface area contributed by atoms with Crippen LogP contribution in [0.4, 0.5) is 5.69 Å². The van der Waals surface area contributed by atoms with E-state index in [4.69, 9.17) is 11.6 Å². The lowest BCUT2D eigenvalue weighted by Gasteiger charge is -2.26. The number of halogens is 1. The second-order valence-corrected chi connectivity index (χ2v) is 4.64. The molecule has 0 bridgehead atoms. The van der Waals surface area contributed by atoms with Gasteiger partial charge in [-0.15, -0.1) is 0 Å². The molecule has 102 valence electrons. The Kier molecular flexibility index (Phi) is 7.09. The maximum Gasteiger partial charge on any atom is 0.0606 e. The maximum atomic E-state index is 9.17. The Hall–Kier alpha value is -0.770.